The highest BCUT2D eigenvalue weighted by Gasteiger charge is 2.29. The van der Waals surface area contributed by atoms with E-state index in [2.05, 4.69) is 84.3 Å². The molecule has 0 unspecified atom stereocenters. The molecule has 34 heavy (non-hydrogen) atoms. The number of para-hydroxylation sites is 1. The zero-order valence-electron chi connectivity index (χ0n) is 21.0. The van der Waals surface area contributed by atoms with Gasteiger partial charge in [0.05, 0.1) is 17.1 Å². The van der Waals surface area contributed by atoms with E-state index in [0.29, 0.717) is 13.1 Å². The minimum Gasteiger partial charge on any atom is -0.321 e. The summed E-state index contributed by atoms with van der Waals surface area (Å²) in [6.45, 7) is 13.7. The van der Waals surface area contributed by atoms with Gasteiger partial charge in [-0.05, 0) is 74.0 Å². The fourth-order valence-corrected chi connectivity index (χ4v) is 4.45. The van der Waals surface area contributed by atoms with Crippen LogP contribution in [0.3, 0.4) is 0 Å². The molecule has 2 aromatic carbocycles. The quantitative estimate of drug-likeness (QED) is 0.420. The molecule has 0 aliphatic rings. The van der Waals surface area contributed by atoms with Crippen molar-refractivity contribution in [2.24, 2.45) is 0 Å². The smallest absolute Gasteiger partial charge is 0.252 e. The summed E-state index contributed by atoms with van der Waals surface area (Å²) in [7, 11) is 0. The number of aryl methyl sites for hydroxylation is 2. The van der Waals surface area contributed by atoms with E-state index in [1.807, 2.05) is 35.9 Å². The second-order valence-electron chi connectivity index (χ2n) is 10.1. The van der Waals surface area contributed by atoms with Crippen LogP contribution in [0.5, 0.6) is 0 Å². The number of aromatic amines is 1. The van der Waals surface area contributed by atoms with Crippen LogP contribution in [0.1, 0.15) is 68.2 Å². The highest BCUT2D eigenvalue weighted by Crippen LogP contribution is 2.29. The Hall–Kier alpha value is -3.32. The van der Waals surface area contributed by atoms with E-state index in [0.717, 1.165) is 34.3 Å². The maximum atomic E-state index is 13.1. The molecule has 0 aliphatic carbocycles. The molecule has 2 heterocycles. The molecule has 7 nitrogen and oxygen atoms in total. The van der Waals surface area contributed by atoms with Crippen molar-refractivity contribution in [3.05, 3.63) is 87.0 Å². The van der Waals surface area contributed by atoms with E-state index in [1.54, 1.807) is 0 Å². The first kappa shape index (κ1) is 23.8. The van der Waals surface area contributed by atoms with Crippen molar-refractivity contribution < 1.29 is 0 Å². The number of nitrogens with zero attached hydrogens (tertiary/aromatic N) is 5. The van der Waals surface area contributed by atoms with E-state index >= 15 is 0 Å². The van der Waals surface area contributed by atoms with Crippen molar-refractivity contribution in [1.29, 1.82) is 0 Å². The molecule has 4 aromatic rings. The fourth-order valence-electron chi connectivity index (χ4n) is 4.45. The van der Waals surface area contributed by atoms with Crippen LogP contribution in [-0.4, -0.2) is 30.1 Å². The van der Waals surface area contributed by atoms with Crippen LogP contribution in [0.2, 0.25) is 0 Å². The molecule has 0 amide bonds. The number of tetrazole rings is 1. The Balaban J connectivity index is 1.77. The lowest BCUT2D eigenvalue weighted by Crippen LogP contribution is -2.35. The van der Waals surface area contributed by atoms with Gasteiger partial charge in [0, 0.05) is 18.7 Å². The molecule has 0 bridgehead atoms. The van der Waals surface area contributed by atoms with Crippen molar-refractivity contribution in [2.75, 3.05) is 0 Å². The largest absolute Gasteiger partial charge is 0.321 e. The molecule has 0 fully saturated rings. The maximum Gasteiger partial charge on any atom is 0.252 e. The third-order valence-corrected chi connectivity index (χ3v) is 6.30. The predicted octanol–water partition coefficient (Wildman–Crippen LogP) is 5.04. The monoisotopic (exact) mass is 458 g/mol. The van der Waals surface area contributed by atoms with E-state index < -0.39 is 0 Å². The second-order valence-corrected chi connectivity index (χ2v) is 10.1. The van der Waals surface area contributed by atoms with Gasteiger partial charge in [-0.25, -0.2) is 4.68 Å². The van der Waals surface area contributed by atoms with Crippen molar-refractivity contribution in [2.45, 2.75) is 72.6 Å². The van der Waals surface area contributed by atoms with Gasteiger partial charge < -0.3 is 4.98 Å². The van der Waals surface area contributed by atoms with Gasteiger partial charge >= 0.3 is 0 Å². The summed E-state index contributed by atoms with van der Waals surface area (Å²) in [4.78, 5) is 18.5. The first-order valence-corrected chi connectivity index (χ1v) is 11.9. The van der Waals surface area contributed by atoms with Gasteiger partial charge in [0.25, 0.3) is 5.56 Å². The van der Waals surface area contributed by atoms with Crippen molar-refractivity contribution >= 4 is 10.9 Å². The third kappa shape index (κ3) is 4.94. The molecule has 0 radical (unpaired) electrons. The molecule has 0 saturated heterocycles. The van der Waals surface area contributed by atoms with Crippen molar-refractivity contribution in [3.63, 3.8) is 0 Å². The lowest BCUT2D eigenvalue weighted by molar-refractivity contribution is 0.153. The van der Waals surface area contributed by atoms with Gasteiger partial charge in [-0.15, -0.1) is 5.10 Å². The predicted molar refractivity (Wildman–Crippen MR) is 136 cm³/mol. The van der Waals surface area contributed by atoms with Gasteiger partial charge in [0.2, 0.25) is 0 Å². The summed E-state index contributed by atoms with van der Waals surface area (Å²) in [5, 5.41) is 13.8. The van der Waals surface area contributed by atoms with Gasteiger partial charge in [-0.3, -0.25) is 9.69 Å². The van der Waals surface area contributed by atoms with E-state index in [9.17, 15) is 4.79 Å². The number of rotatable bonds is 7. The number of nitrogens with one attached hydrogen (secondary N) is 1. The average Bonchev–Trinajstić information content (AvgIpc) is 3.27. The first-order valence-electron chi connectivity index (χ1n) is 11.9. The summed E-state index contributed by atoms with van der Waals surface area (Å²) in [5.74, 6) is 0.815. The van der Waals surface area contributed by atoms with Crippen LogP contribution in [0.4, 0.5) is 0 Å². The summed E-state index contributed by atoms with van der Waals surface area (Å²) in [5.41, 5.74) is 4.80. The molecular formula is C27H34N6O. The number of H-pyrrole nitrogens is 1. The van der Waals surface area contributed by atoms with Crippen LogP contribution < -0.4 is 5.56 Å². The Labute approximate surface area is 200 Å². The molecule has 0 saturated carbocycles. The molecule has 4 rings (SSSR count). The van der Waals surface area contributed by atoms with Crippen LogP contribution in [0.15, 0.2) is 53.3 Å². The fraction of sp³-hybridized carbons (Fsp3) is 0.407. The third-order valence-electron chi connectivity index (χ3n) is 6.30. The Morgan fingerprint density at radius 1 is 1.06 bits per heavy atom. The van der Waals surface area contributed by atoms with Crippen LogP contribution in [0.25, 0.3) is 10.9 Å². The standard InChI is InChI=1S/C27H34N6O/c1-7-23(25-29-30-31-33(25)27(4,5)6)32(16-20-13-11-18(2)12-14-20)17-22-15-21-10-8-9-19(3)24(21)28-26(22)34/h8-15,23H,7,16-17H2,1-6H3,(H,28,34)/t23-/m0/s1. The molecule has 1 atom stereocenters. The normalized spacial score (nSPS) is 13.0. The van der Waals surface area contributed by atoms with Gasteiger partial charge in [-0.2, -0.15) is 0 Å². The molecule has 2 aromatic heterocycles. The summed E-state index contributed by atoms with van der Waals surface area (Å²) in [6.07, 6.45) is 0.812. The Morgan fingerprint density at radius 3 is 2.47 bits per heavy atom. The number of fused-ring (bicyclic) bond motifs is 1. The van der Waals surface area contributed by atoms with Crippen LogP contribution >= 0.6 is 0 Å². The van der Waals surface area contributed by atoms with Gasteiger partial charge in [-0.1, -0.05) is 55.0 Å². The van der Waals surface area contributed by atoms with Crippen LogP contribution in [0, 0.1) is 13.8 Å². The molecule has 7 heteroatoms. The lowest BCUT2D eigenvalue weighted by Gasteiger charge is -2.32. The lowest BCUT2D eigenvalue weighted by atomic mass is 10.0. The van der Waals surface area contributed by atoms with E-state index in [4.69, 9.17) is 0 Å². The number of hydrogen-bond donors (Lipinski definition) is 1. The topological polar surface area (TPSA) is 79.7 Å². The Kier molecular flexibility index (Phi) is 6.66. The van der Waals surface area contributed by atoms with Gasteiger partial charge in [0.1, 0.15) is 0 Å². The van der Waals surface area contributed by atoms with Gasteiger partial charge in [0.15, 0.2) is 5.82 Å². The zero-order valence-corrected chi connectivity index (χ0v) is 21.0. The molecule has 178 valence electrons. The summed E-state index contributed by atoms with van der Waals surface area (Å²) < 4.78 is 1.90. The van der Waals surface area contributed by atoms with Crippen molar-refractivity contribution in [1.82, 2.24) is 30.1 Å². The van der Waals surface area contributed by atoms with Crippen molar-refractivity contribution in [3.8, 4) is 0 Å². The maximum absolute atomic E-state index is 13.1. The van der Waals surface area contributed by atoms with E-state index in [-0.39, 0.29) is 17.1 Å². The Morgan fingerprint density at radius 2 is 1.79 bits per heavy atom. The second kappa shape index (κ2) is 9.50. The van der Waals surface area contributed by atoms with E-state index in [1.165, 1.54) is 11.1 Å². The summed E-state index contributed by atoms with van der Waals surface area (Å²) in [6, 6.07) is 16.6. The molecule has 0 spiro atoms. The number of benzene rings is 2. The highest BCUT2D eigenvalue weighted by atomic mass is 16.1. The van der Waals surface area contributed by atoms with Crippen LogP contribution in [-0.2, 0) is 18.6 Å². The molecule has 1 N–H and O–H groups in total. The highest BCUT2D eigenvalue weighted by molar-refractivity contribution is 5.81. The Bertz CT molecular complexity index is 1330. The minimum absolute atomic E-state index is 0.0527. The molecular weight excluding hydrogens is 424 g/mol. The zero-order chi connectivity index (χ0) is 24.5. The number of aromatic nitrogens is 5. The average molecular weight is 459 g/mol. The number of hydrogen-bond acceptors (Lipinski definition) is 5. The SMILES string of the molecule is CC[C@@H](c1nnnn1C(C)(C)C)N(Cc1ccc(C)cc1)Cc1cc2cccc(C)c2[nH]c1=O. The first-order chi connectivity index (χ1) is 16.2. The summed E-state index contributed by atoms with van der Waals surface area (Å²) >= 11 is 0. The molecule has 0 aliphatic heterocycles. The minimum atomic E-state index is -0.250. The number of pyridine rings is 1.